The van der Waals surface area contributed by atoms with Crippen LogP contribution in [0.2, 0.25) is 0 Å². The molecule has 6 nitrogen and oxygen atoms in total. The quantitative estimate of drug-likeness (QED) is 0.350. The van der Waals surface area contributed by atoms with Crippen LogP contribution in [0.15, 0.2) is 29.5 Å². The van der Waals surface area contributed by atoms with Gasteiger partial charge in [0.1, 0.15) is 5.01 Å². The number of pyridine rings is 1. The van der Waals surface area contributed by atoms with Crippen molar-refractivity contribution in [3.05, 3.63) is 45.7 Å². The number of aliphatic hydroxyl groups excluding tert-OH is 1. The summed E-state index contributed by atoms with van der Waals surface area (Å²) in [6, 6.07) is 3.61. The van der Waals surface area contributed by atoms with Gasteiger partial charge in [-0.25, -0.2) is 9.98 Å². The van der Waals surface area contributed by atoms with Crippen LogP contribution in [0.5, 0.6) is 0 Å². The third-order valence-corrected chi connectivity index (χ3v) is 4.40. The highest BCUT2D eigenvalue weighted by Gasteiger charge is 2.08. The molecule has 8 heteroatoms. The molecule has 0 saturated carbocycles. The lowest BCUT2D eigenvalue weighted by atomic mass is 10.1. The van der Waals surface area contributed by atoms with Gasteiger partial charge in [0, 0.05) is 30.4 Å². The topological polar surface area (TPSA) is 82.4 Å². The lowest BCUT2D eigenvalue weighted by molar-refractivity contribution is 0.180. The number of hydrogen-bond donors (Lipinski definition) is 3. The Morgan fingerprint density at radius 2 is 2.00 bits per heavy atom. The first-order valence-corrected chi connectivity index (χ1v) is 8.45. The third-order valence-electron chi connectivity index (χ3n) is 3.34. The van der Waals surface area contributed by atoms with Gasteiger partial charge in [0.2, 0.25) is 0 Å². The van der Waals surface area contributed by atoms with Gasteiger partial charge in [-0.2, -0.15) is 0 Å². The van der Waals surface area contributed by atoms with E-state index in [1.54, 1.807) is 35.9 Å². The molecule has 2 aromatic rings. The average molecular weight is 461 g/mol. The number of hydrogen-bond acceptors (Lipinski definition) is 5. The van der Waals surface area contributed by atoms with Gasteiger partial charge in [-0.3, -0.25) is 4.98 Å². The van der Waals surface area contributed by atoms with Gasteiger partial charge in [-0.15, -0.1) is 35.3 Å². The SMILES string of the molecule is CCNC(=NCc1nc(C)c(C)s1)NCC(O)c1ccncc1.I. The number of thiazole rings is 1. The number of rotatable bonds is 6. The van der Waals surface area contributed by atoms with Crippen LogP contribution in [0.25, 0.3) is 0 Å². The van der Waals surface area contributed by atoms with Gasteiger partial charge < -0.3 is 15.7 Å². The molecule has 0 bridgehead atoms. The number of aromatic nitrogens is 2. The van der Waals surface area contributed by atoms with Crippen molar-refractivity contribution < 1.29 is 5.11 Å². The molecule has 2 heterocycles. The monoisotopic (exact) mass is 461 g/mol. The van der Waals surface area contributed by atoms with Gasteiger partial charge in [0.15, 0.2) is 5.96 Å². The first kappa shape index (κ1) is 20.8. The molecule has 1 unspecified atom stereocenters. The minimum Gasteiger partial charge on any atom is -0.387 e. The summed E-state index contributed by atoms with van der Waals surface area (Å²) in [6.07, 6.45) is 2.74. The largest absolute Gasteiger partial charge is 0.387 e. The normalized spacial score (nSPS) is 12.4. The van der Waals surface area contributed by atoms with Crippen molar-refractivity contribution in [3.8, 4) is 0 Å². The molecule has 0 amide bonds. The van der Waals surface area contributed by atoms with Crippen LogP contribution < -0.4 is 10.6 Å². The van der Waals surface area contributed by atoms with Crippen LogP contribution in [0, 0.1) is 13.8 Å². The highest BCUT2D eigenvalue weighted by molar-refractivity contribution is 14.0. The van der Waals surface area contributed by atoms with E-state index in [1.807, 2.05) is 13.8 Å². The van der Waals surface area contributed by atoms with Crippen molar-refractivity contribution in [3.63, 3.8) is 0 Å². The maximum Gasteiger partial charge on any atom is 0.191 e. The molecule has 3 N–H and O–H groups in total. The van der Waals surface area contributed by atoms with Crippen molar-refractivity contribution in [1.29, 1.82) is 0 Å². The molecule has 0 spiro atoms. The zero-order chi connectivity index (χ0) is 16.7. The summed E-state index contributed by atoms with van der Waals surface area (Å²) in [5, 5.41) is 17.5. The summed E-state index contributed by atoms with van der Waals surface area (Å²) in [7, 11) is 0. The molecule has 24 heavy (non-hydrogen) atoms. The molecule has 0 aliphatic heterocycles. The van der Waals surface area contributed by atoms with E-state index in [0.717, 1.165) is 22.8 Å². The third kappa shape index (κ3) is 6.33. The van der Waals surface area contributed by atoms with E-state index in [1.165, 1.54) is 4.88 Å². The minimum absolute atomic E-state index is 0. The highest BCUT2D eigenvalue weighted by Crippen LogP contribution is 2.17. The lowest BCUT2D eigenvalue weighted by Crippen LogP contribution is -2.39. The number of nitrogens with zero attached hydrogens (tertiary/aromatic N) is 3. The standard InChI is InChI=1S/C16H23N5OS.HI/c1-4-18-16(20-10-15-21-11(2)12(3)23-15)19-9-14(22)13-5-7-17-8-6-13;/h5-8,14,22H,4,9-10H2,1-3H3,(H2,18,19,20);1H. The Morgan fingerprint density at radius 3 is 2.58 bits per heavy atom. The first-order valence-electron chi connectivity index (χ1n) is 7.63. The van der Waals surface area contributed by atoms with E-state index < -0.39 is 6.10 Å². The van der Waals surface area contributed by atoms with Crippen LogP contribution in [0.3, 0.4) is 0 Å². The van der Waals surface area contributed by atoms with E-state index in [-0.39, 0.29) is 24.0 Å². The van der Waals surface area contributed by atoms with Crippen LogP contribution in [-0.4, -0.2) is 34.1 Å². The second-order valence-corrected chi connectivity index (χ2v) is 6.41. The molecule has 0 fully saturated rings. The van der Waals surface area contributed by atoms with Crippen LogP contribution in [0.1, 0.15) is 34.2 Å². The number of aliphatic hydroxyl groups is 1. The van der Waals surface area contributed by atoms with Gasteiger partial charge in [0.05, 0.1) is 18.3 Å². The Morgan fingerprint density at radius 1 is 1.29 bits per heavy atom. The van der Waals surface area contributed by atoms with Gasteiger partial charge >= 0.3 is 0 Å². The van der Waals surface area contributed by atoms with E-state index in [2.05, 4.69) is 32.5 Å². The van der Waals surface area contributed by atoms with Crippen LogP contribution in [-0.2, 0) is 6.54 Å². The van der Waals surface area contributed by atoms with Gasteiger partial charge in [-0.05, 0) is 38.5 Å². The predicted molar refractivity (Wildman–Crippen MR) is 109 cm³/mol. The molecule has 0 saturated heterocycles. The number of nitrogens with one attached hydrogen (secondary N) is 2. The maximum atomic E-state index is 10.2. The second kappa shape index (κ2) is 10.6. The van der Waals surface area contributed by atoms with E-state index >= 15 is 0 Å². The molecule has 0 aliphatic carbocycles. The summed E-state index contributed by atoms with van der Waals surface area (Å²) in [6.45, 7) is 7.75. The maximum absolute atomic E-state index is 10.2. The van der Waals surface area contributed by atoms with Crippen molar-refractivity contribution >= 4 is 41.3 Å². The zero-order valence-corrected chi connectivity index (χ0v) is 17.3. The fourth-order valence-corrected chi connectivity index (χ4v) is 2.85. The van der Waals surface area contributed by atoms with E-state index in [4.69, 9.17) is 0 Å². The zero-order valence-electron chi connectivity index (χ0n) is 14.1. The number of aryl methyl sites for hydroxylation is 2. The summed E-state index contributed by atoms with van der Waals surface area (Å²) >= 11 is 1.67. The Bertz CT molecular complexity index is 628. The summed E-state index contributed by atoms with van der Waals surface area (Å²) in [5.74, 6) is 0.672. The van der Waals surface area contributed by atoms with E-state index in [0.29, 0.717) is 19.0 Å². The Hall–Kier alpha value is -1.26. The predicted octanol–water partition coefficient (Wildman–Crippen LogP) is 2.56. The molecule has 2 rings (SSSR count). The minimum atomic E-state index is -0.605. The van der Waals surface area contributed by atoms with Crippen molar-refractivity contribution in [1.82, 2.24) is 20.6 Å². The molecular weight excluding hydrogens is 437 g/mol. The van der Waals surface area contributed by atoms with Gasteiger partial charge in [-0.1, -0.05) is 0 Å². The Labute approximate surface area is 163 Å². The van der Waals surface area contributed by atoms with Crippen molar-refractivity contribution in [2.45, 2.75) is 33.4 Å². The van der Waals surface area contributed by atoms with Crippen molar-refractivity contribution in [2.75, 3.05) is 13.1 Å². The smallest absolute Gasteiger partial charge is 0.191 e. The van der Waals surface area contributed by atoms with Crippen LogP contribution in [0.4, 0.5) is 0 Å². The average Bonchev–Trinajstić information content (AvgIpc) is 2.89. The first-order chi connectivity index (χ1) is 11.1. The Balaban J connectivity index is 0.00000288. The molecule has 1 atom stereocenters. The second-order valence-electron chi connectivity index (χ2n) is 5.12. The molecule has 0 radical (unpaired) electrons. The van der Waals surface area contributed by atoms with E-state index in [9.17, 15) is 5.11 Å². The number of halogens is 1. The van der Waals surface area contributed by atoms with Crippen LogP contribution >= 0.6 is 35.3 Å². The summed E-state index contributed by atoms with van der Waals surface area (Å²) in [5.41, 5.74) is 1.89. The molecule has 0 aliphatic rings. The molecule has 132 valence electrons. The summed E-state index contributed by atoms with van der Waals surface area (Å²) in [4.78, 5) is 14.2. The van der Waals surface area contributed by atoms with Gasteiger partial charge in [0.25, 0.3) is 0 Å². The number of aliphatic imine (C=N–C) groups is 1. The molecule has 0 aromatic carbocycles. The molecule has 2 aromatic heterocycles. The molecular formula is C16H24IN5OS. The fourth-order valence-electron chi connectivity index (χ4n) is 1.99. The lowest BCUT2D eigenvalue weighted by Gasteiger charge is -2.15. The number of guanidine groups is 1. The van der Waals surface area contributed by atoms with Crippen molar-refractivity contribution in [2.24, 2.45) is 4.99 Å². The summed E-state index contributed by atoms with van der Waals surface area (Å²) < 4.78 is 0. The highest BCUT2D eigenvalue weighted by atomic mass is 127. The Kier molecular flexibility index (Phi) is 9.16. The fraction of sp³-hybridized carbons (Fsp3) is 0.438.